The Hall–Kier alpha value is -0.460. The Morgan fingerprint density at radius 2 is 1.59 bits per heavy atom. The Kier molecular flexibility index (Phi) is 13.0. The van der Waals surface area contributed by atoms with E-state index >= 15 is 0 Å². The minimum absolute atomic E-state index is 0.00138. The second kappa shape index (κ2) is 15.6. The highest BCUT2D eigenvalue weighted by atomic mass is 31.2. The summed E-state index contributed by atoms with van der Waals surface area (Å²) in [6.07, 6.45) is 16.0. The van der Waals surface area contributed by atoms with Crippen LogP contribution >= 0.6 is 7.82 Å². The smallest absolute Gasteiger partial charge is 0.462 e. The summed E-state index contributed by atoms with van der Waals surface area (Å²) in [4.78, 5) is 22.6. The number of likely N-dealkylation sites (N-methyl/N-ethyl adjacent to an activating group) is 1. The standard InChI is InChI=1S/C38H70NO6P/c1-10-29(27(2)3)14-13-28(4)33-17-18-34-32-16-15-30-26-31(19-21-37(30,5)35(32)20-22-38(33,34)6)45-36(40)12-11-24-43-46(41,42)44-25-23-39(7,8)9/h27-35H,10-26H2,1-9H3/p+1/t28-,29-,30?,31+,32?,33-,34?,35?,37+,38-/m1/s1. The Morgan fingerprint density at radius 3 is 2.26 bits per heavy atom. The Bertz CT molecular complexity index is 1040. The predicted molar refractivity (Wildman–Crippen MR) is 186 cm³/mol. The largest absolute Gasteiger partial charge is 0.472 e. The van der Waals surface area contributed by atoms with Crippen molar-refractivity contribution in [3.05, 3.63) is 0 Å². The van der Waals surface area contributed by atoms with Gasteiger partial charge in [0.1, 0.15) is 19.3 Å². The predicted octanol–water partition coefficient (Wildman–Crippen LogP) is 9.28. The molecule has 0 aromatic rings. The minimum Gasteiger partial charge on any atom is -0.462 e. The minimum atomic E-state index is -4.10. The Morgan fingerprint density at radius 1 is 0.913 bits per heavy atom. The normalized spacial score (nSPS) is 37.1. The second-order valence-electron chi connectivity index (χ2n) is 18.0. The molecule has 0 aliphatic heterocycles. The third-order valence-electron chi connectivity index (χ3n) is 13.9. The van der Waals surface area contributed by atoms with Crippen molar-refractivity contribution in [2.45, 2.75) is 138 Å². The first-order valence-electron chi connectivity index (χ1n) is 19.1. The molecule has 0 aromatic heterocycles. The summed E-state index contributed by atoms with van der Waals surface area (Å²) in [5, 5.41) is 0. The maximum absolute atomic E-state index is 12.7. The summed E-state index contributed by atoms with van der Waals surface area (Å²) >= 11 is 0. The molecule has 0 aromatic carbocycles. The van der Waals surface area contributed by atoms with Gasteiger partial charge in [-0.3, -0.25) is 13.8 Å². The highest BCUT2D eigenvalue weighted by Gasteiger charge is 2.60. The zero-order valence-corrected chi connectivity index (χ0v) is 32.0. The van der Waals surface area contributed by atoms with Crippen molar-refractivity contribution in [2.75, 3.05) is 40.9 Å². The molecule has 0 spiro atoms. The molecule has 4 saturated carbocycles. The molecule has 4 aliphatic rings. The lowest BCUT2D eigenvalue weighted by Crippen LogP contribution is -2.54. The van der Waals surface area contributed by atoms with Gasteiger partial charge in [-0.2, -0.15) is 0 Å². The number of carbonyl (C=O) groups is 1. The topological polar surface area (TPSA) is 82.1 Å². The lowest BCUT2D eigenvalue weighted by Gasteiger charge is -2.61. The zero-order valence-electron chi connectivity index (χ0n) is 31.1. The van der Waals surface area contributed by atoms with E-state index in [1.54, 1.807) is 0 Å². The molecular formula is C38H71NO6P+. The SMILES string of the molecule is CC[C@H](CC[C@@H](C)[C@H]1CCC2C3CCC4C[C@@H](OC(=O)CCCOP(=O)(O)OCC[N+](C)(C)C)CC[C@]4(C)C3CC[C@@]21C)C(C)C. The van der Waals surface area contributed by atoms with Crippen molar-refractivity contribution in [3.8, 4) is 0 Å². The monoisotopic (exact) mass is 669 g/mol. The van der Waals surface area contributed by atoms with Crippen LogP contribution in [0.3, 0.4) is 0 Å². The number of phosphoric acid groups is 1. The zero-order chi connectivity index (χ0) is 33.9. The first kappa shape index (κ1) is 38.3. The van der Waals surface area contributed by atoms with E-state index in [2.05, 4.69) is 41.5 Å². The lowest BCUT2D eigenvalue weighted by molar-refractivity contribution is -0.870. The quantitative estimate of drug-likeness (QED) is 0.0764. The fraction of sp³-hybridized carbons (Fsp3) is 0.974. The summed E-state index contributed by atoms with van der Waals surface area (Å²) in [6.45, 7) is 15.8. The number of ether oxygens (including phenoxy) is 1. The first-order chi connectivity index (χ1) is 21.5. The summed E-state index contributed by atoms with van der Waals surface area (Å²) in [7, 11) is 1.86. The van der Waals surface area contributed by atoms with Crippen LogP contribution in [0.25, 0.3) is 0 Å². The van der Waals surface area contributed by atoms with E-state index in [-0.39, 0.29) is 31.7 Å². The van der Waals surface area contributed by atoms with Gasteiger partial charge in [-0.1, -0.05) is 54.4 Å². The number of carbonyl (C=O) groups excluding carboxylic acids is 1. The molecule has 4 aliphatic carbocycles. The summed E-state index contributed by atoms with van der Waals surface area (Å²) in [5.41, 5.74) is 0.881. The van der Waals surface area contributed by atoms with Gasteiger partial charge in [0.2, 0.25) is 0 Å². The molecule has 0 amide bonds. The second-order valence-corrected chi connectivity index (χ2v) is 19.4. The van der Waals surface area contributed by atoms with E-state index in [4.69, 9.17) is 13.8 Å². The average molecular weight is 669 g/mol. The first-order valence-corrected chi connectivity index (χ1v) is 20.6. The van der Waals surface area contributed by atoms with Crippen LogP contribution in [-0.2, 0) is 23.1 Å². The molecule has 268 valence electrons. The molecule has 0 bridgehead atoms. The van der Waals surface area contributed by atoms with Crippen LogP contribution in [0.15, 0.2) is 0 Å². The van der Waals surface area contributed by atoms with Gasteiger partial charge in [-0.05, 0) is 129 Å². The molecule has 0 saturated heterocycles. The van der Waals surface area contributed by atoms with Crippen LogP contribution < -0.4 is 0 Å². The van der Waals surface area contributed by atoms with Crippen LogP contribution in [0.1, 0.15) is 131 Å². The number of nitrogens with zero attached hydrogens (tertiary/aromatic N) is 1. The molecular weight excluding hydrogens is 597 g/mol. The number of fused-ring (bicyclic) bond motifs is 5. The molecule has 0 heterocycles. The molecule has 1 N–H and O–H groups in total. The van der Waals surface area contributed by atoms with Gasteiger partial charge >= 0.3 is 13.8 Å². The number of rotatable bonds is 16. The highest BCUT2D eigenvalue weighted by Crippen LogP contribution is 2.68. The number of hydrogen-bond acceptors (Lipinski definition) is 5. The number of hydrogen-bond donors (Lipinski definition) is 1. The van der Waals surface area contributed by atoms with Gasteiger partial charge in [-0.25, -0.2) is 4.57 Å². The van der Waals surface area contributed by atoms with Gasteiger partial charge in [0.15, 0.2) is 0 Å². The van der Waals surface area contributed by atoms with Crippen LogP contribution in [0.5, 0.6) is 0 Å². The van der Waals surface area contributed by atoms with Crippen molar-refractivity contribution < 1.29 is 32.5 Å². The molecule has 0 radical (unpaired) electrons. The van der Waals surface area contributed by atoms with Gasteiger partial charge in [0, 0.05) is 6.42 Å². The maximum atomic E-state index is 12.7. The number of phosphoric ester groups is 1. The average Bonchev–Trinajstić information content (AvgIpc) is 3.32. The lowest BCUT2D eigenvalue weighted by atomic mass is 9.44. The highest BCUT2D eigenvalue weighted by molar-refractivity contribution is 7.47. The van der Waals surface area contributed by atoms with E-state index in [9.17, 15) is 14.3 Å². The summed E-state index contributed by atoms with van der Waals surface area (Å²) in [5.74, 6) is 6.38. The van der Waals surface area contributed by atoms with E-state index < -0.39 is 7.82 Å². The van der Waals surface area contributed by atoms with Gasteiger partial charge in [-0.15, -0.1) is 0 Å². The van der Waals surface area contributed by atoms with Crippen LogP contribution in [0, 0.1) is 58.2 Å². The molecule has 4 rings (SSSR count). The van der Waals surface area contributed by atoms with Crippen molar-refractivity contribution in [1.29, 1.82) is 0 Å². The molecule has 7 nitrogen and oxygen atoms in total. The Balaban J connectivity index is 1.23. The van der Waals surface area contributed by atoms with Crippen molar-refractivity contribution in [1.82, 2.24) is 0 Å². The van der Waals surface area contributed by atoms with Crippen LogP contribution in [0.2, 0.25) is 0 Å². The van der Waals surface area contributed by atoms with Crippen molar-refractivity contribution >= 4 is 13.8 Å². The molecule has 5 unspecified atom stereocenters. The van der Waals surface area contributed by atoms with Crippen LogP contribution in [0.4, 0.5) is 0 Å². The Labute approximate surface area is 282 Å². The fourth-order valence-corrected chi connectivity index (χ4v) is 11.8. The molecule has 8 heteroatoms. The van der Waals surface area contributed by atoms with Crippen LogP contribution in [-0.4, -0.2) is 62.4 Å². The molecule has 4 fully saturated rings. The van der Waals surface area contributed by atoms with E-state index in [1.165, 1.54) is 57.8 Å². The maximum Gasteiger partial charge on any atom is 0.472 e. The fourth-order valence-electron chi connectivity index (χ4n) is 11.1. The van der Waals surface area contributed by atoms with Crippen molar-refractivity contribution in [2.24, 2.45) is 58.2 Å². The van der Waals surface area contributed by atoms with Gasteiger partial charge in [0.05, 0.1) is 27.7 Å². The van der Waals surface area contributed by atoms with Gasteiger partial charge in [0.25, 0.3) is 0 Å². The molecule has 46 heavy (non-hydrogen) atoms. The summed E-state index contributed by atoms with van der Waals surface area (Å²) in [6, 6.07) is 0. The molecule has 11 atom stereocenters. The van der Waals surface area contributed by atoms with E-state index in [1.807, 2.05) is 21.1 Å². The van der Waals surface area contributed by atoms with E-state index in [0.717, 1.165) is 60.7 Å². The third-order valence-corrected chi connectivity index (χ3v) is 14.9. The van der Waals surface area contributed by atoms with Crippen molar-refractivity contribution in [3.63, 3.8) is 0 Å². The summed E-state index contributed by atoms with van der Waals surface area (Å²) < 4.78 is 28.9. The van der Waals surface area contributed by atoms with Gasteiger partial charge < -0.3 is 14.1 Å². The third kappa shape index (κ3) is 9.20. The number of esters is 1. The number of quaternary nitrogens is 1. The van der Waals surface area contributed by atoms with E-state index in [0.29, 0.717) is 34.2 Å².